The highest BCUT2D eigenvalue weighted by atomic mass is 15.3. The smallest absolute Gasteiger partial charge is 0.0560 e. The van der Waals surface area contributed by atoms with Crippen LogP contribution in [0.25, 0.3) is 0 Å². The molecule has 0 aliphatic rings. The number of hydrogen-bond donors (Lipinski definition) is 1. The van der Waals surface area contributed by atoms with Crippen LogP contribution in [-0.2, 0) is 6.54 Å². The van der Waals surface area contributed by atoms with Gasteiger partial charge in [0.1, 0.15) is 0 Å². The van der Waals surface area contributed by atoms with E-state index in [1.54, 1.807) is 6.20 Å². The molecular weight excluding hydrogens is 150 g/mol. The number of nitrogens with two attached hydrogens (primary N) is 1. The highest BCUT2D eigenvalue weighted by Crippen LogP contribution is 2.03. The summed E-state index contributed by atoms with van der Waals surface area (Å²) in [6.45, 7) is 5.19. The lowest BCUT2D eigenvalue weighted by Crippen LogP contribution is -2.27. The first-order valence-corrected chi connectivity index (χ1v) is 4.41. The van der Waals surface area contributed by atoms with Crippen molar-refractivity contribution in [3.05, 3.63) is 18.5 Å². The maximum Gasteiger partial charge on any atom is 0.0560 e. The number of nitrogens with zero attached hydrogens (tertiary/aromatic N) is 2. The molecule has 0 bridgehead atoms. The van der Waals surface area contributed by atoms with E-state index in [9.17, 15) is 0 Å². The molecule has 0 saturated carbocycles. The third-order valence-electron chi connectivity index (χ3n) is 1.75. The van der Waals surface area contributed by atoms with Gasteiger partial charge in [0.15, 0.2) is 0 Å². The minimum absolute atomic E-state index is 0.227. The SMILES string of the molecule is CC(C)C[C@H](N)Cn1cccn1. The molecule has 1 aromatic rings. The summed E-state index contributed by atoms with van der Waals surface area (Å²) in [5.41, 5.74) is 5.90. The summed E-state index contributed by atoms with van der Waals surface area (Å²) in [6.07, 6.45) is 4.78. The molecule has 0 spiro atoms. The summed E-state index contributed by atoms with van der Waals surface area (Å²) in [7, 11) is 0. The van der Waals surface area contributed by atoms with Crippen molar-refractivity contribution in [3.63, 3.8) is 0 Å². The van der Waals surface area contributed by atoms with Gasteiger partial charge in [0.2, 0.25) is 0 Å². The summed E-state index contributed by atoms with van der Waals surface area (Å²) in [4.78, 5) is 0. The molecule has 1 rings (SSSR count). The average molecular weight is 167 g/mol. The molecular formula is C9H17N3. The normalized spacial score (nSPS) is 13.7. The van der Waals surface area contributed by atoms with Gasteiger partial charge in [-0.25, -0.2) is 0 Å². The lowest BCUT2D eigenvalue weighted by molar-refractivity contribution is 0.429. The molecule has 0 radical (unpaired) electrons. The second kappa shape index (κ2) is 4.26. The molecule has 0 aliphatic heterocycles. The Kier molecular flexibility index (Phi) is 3.29. The van der Waals surface area contributed by atoms with Crippen LogP contribution in [-0.4, -0.2) is 15.8 Å². The van der Waals surface area contributed by atoms with Gasteiger partial charge in [0, 0.05) is 18.4 Å². The van der Waals surface area contributed by atoms with Crippen molar-refractivity contribution < 1.29 is 0 Å². The monoisotopic (exact) mass is 167 g/mol. The summed E-state index contributed by atoms with van der Waals surface area (Å²) >= 11 is 0. The zero-order valence-corrected chi connectivity index (χ0v) is 7.77. The third-order valence-corrected chi connectivity index (χ3v) is 1.75. The van der Waals surface area contributed by atoms with Crippen molar-refractivity contribution >= 4 is 0 Å². The Morgan fingerprint density at radius 2 is 2.25 bits per heavy atom. The molecule has 12 heavy (non-hydrogen) atoms. The van der Waals surface area contributed by atoms with Gasteiger partial charge in [-0.1, -0.05) is 13.8 Å². The van der Waals surface area contributed by atoms with Crippen LogP contribution in [0.15, 0.2) is 18.5 Å². The number of aromatic nitrogens is 2. The van der Waals surface area contributed by atoms with E-state index in [0.29, 0.717) is 5.92 Å². The van der Waals surface area contributed by atoms with E-state index in [2.05, 4.69) is 18.9 Å². The molecule has 3 nitrogen and oxygen atoms in total. The van der Waals surface area contributed by atoms with Crippen molar-refractivity contribution in [2.45, 2.75) is 32.9 Å². The summed E-state index contributed by atoms with van der Waals surface area (Å²) in [5.74, 6) is 0.663. The average Bonchev–Trinajstić information content (AvgIpc) is 2.37. The van der Waals surface area contributed by atoms with Gasteiger partial charge in [0.25, 0.3) is 0 Å². The van der Waals surface area contributed by atoms with E-state index in [1.165, 1.54) is 0 Å². The van der Waals surface area contributed by atoms with Gasteiger partial charge in [-0.3, -0.25) is 4.68 Å². The first-order chi connectivity index (χ1) is 5.68. The number of rotatable bonds is 4. The maximum absolute atomic E-state index is 5.90. The number of hydrogen-bond acceptors (Lipinski definition) is 2. The topological polar surface area (TPSA) is 43.8 Å². The first kappa shape index (κ1) is 9.26. The van der Waals surface area contributed by atoms with E-state index < -0.39 is 0 Å². The predicted octanol–water partition coefficient (Wildman–Crippen LogP) is 1.26. The Morgan fingerprint density at radius 1 is 1.50 bits per heavy atom. The quantitative estimate of drug-likeness (QED) is 0.733. The molecule has 0 saturated heterocycles. The standard InChI is InChI=1S/C9H17N3/c1-8(2)6-9(10)7-12-5-3-4-11-12/h3-5,8-9H,6-7,10H2,1-2H3/t9-/m0/s1. The van der Waals surface area contributed by atoms with Gasteiger partial charge in [0.05, 0.1) is 6.54 Å². The van der Waals surface area contributed by atoms with Crippen LogP contribution in [0.4, 0.5) is 0 Å². The summed E-state index contributed by atoms with van der Waals surface area (Å²) in [6, 6.07) is 2.15. The Labute approximate surface area is 73.6 Å². The molecule has 1 heterocycles. The molecule has 1 atom stereocenters. The van der Waals surface area contributed by atoms with Crippen LogP contribution in [0.5, 0.6) is 0 Å². The Bertz CT molecular complexity index is 204. The van der Waals surface area contributed by atoms with Gasteiger partial charge >= 0.3 is 0 Å². The third kappa shape index (κ3) is 3.05. The van der Waals surface area contributed by atoms with Crippen LogP contribution in [0, 0.1) is 5.92 Å². The highest BCUT2D eigenvalue weighted by molar-refractivity contribution is 4.79. The van der Waals surface area contributed by atoms with Crippen LogP contribution in [0.3, 0.4) is 0 Å². The molecule has 68 valence electrons. The van der Waals surface area contributed by atoms with E-state index in [4.69, 9.17) is 5.73 Å². The molecule has 1 aromatic heterocycles. The lowest BCUT2D eigenvalue weighted by atomic mass is 10.1. The van der Waals surface area contributed by atoms with E-state index in [-0.39, 0.29) is 6.04 Å². The van der Waals surface area contributed by atoms with Crippen molar-refractivity contribution in [2.75, 3.05) is 0 Å². The van der Waals surface area contributed by atoms with E-state index in [1.807, 2.05) is 16.9 Å². The maximum atomic E-state index is 5.90. The minimum Gasteiger partial charge on any atom is -0.326 e. The van der Waals surface area contributed by atoms with Crippen molar-refractivity contribution in [3.8, 4) is 0 Å². The fraction of sp³-hybridized carbons (Fsp3) is 0.667. The highest BCUT2D eigenvalue weighted by Gasteiger charge is 2.05. The molecule has 0 aliphatic carbocycles. The second-order valence-corrected chi connectivity index (χ2v) is 3.62. The summed E-state index contributed by atoms with van der Waals surface area (Å²) < 4.78 is 1.88. The summed E-state index contributed by atoms with van der Waals surface area (Å²) in [5, 5.41) is 4.10. The Balaban J connectivity index is 2.32. The molecule has 2 N–H and O–H groups in total. The second-order valence-electron chi connectivity index (χ2n) is 3.62. The molecule has 0 aromatic carbocycles. The fourth-order valence-corrected chi connectivity index (χ4v) is 1.33. The van der Waals surface area contributed by atoms with Gasteiger partial charge < -0.3 is 5.73 Å². The van der Waals surface area contributed by atoms with Gasteiger partial charge in [-0.05, 0) is 18.4 Å². The zero-order valence-electron chi connectivity index (χ0n) is 7.77. The Hall–Kier alpha value is -0.830. The van der Waals surface area contributed by atoms with Crippen molar-refractivity contribution in [2.24, 2.45) is 11.7 Å². The van der Waals surface area contributed by atoms with Crippen LogP contribution in [0.2, 0.25) is 0 Å². The van der Waals surface area contributed by atoms with Gasteiger partial charge in [-0.15, -0.1) is 0 Å². The lowest BCUT2D eigenvalue weighted by Gasteiger charge is -2.13. The van der Waals surface area contributed by atoms with Crippen LogP contribution >= 0.6 is 0 Å². The minimum atomic E-state index is 0.227. The van der Waals surface area contributed by atoms with Gasteiger partial charge in [-0.2, -0.15) is 5.10 Å². The molecule has 0 unspecified atom stereocenters. The van der Waals surface area contributed by atoms with E-state index in [0.717, 1.165) is 13.0 Å². The molecule has 3 heteroatoms. The van der Waals surface area contributed by atoms with Crippen LogP contribution < -0.4 is 5.73 Å². The fourth-order valence-electron chi connectivity index (χ4n) is 1.33. The van der Waals surface area contributed by atoms with Crippen molar-refractivity contribution in [1.82, 2.24) is 9.78 Å². The van der Waals surface area contributed by atoms with Crippen LogP contribution in [0.1, 0.15) is 20.3 Å². The zero-order chi connectivity index (χ0) is 8.97. The largest absolute Gasteiger partial charge is 0.326 e. The molecule has 0 fully saturated rings. The first-order valence-electron chi connectivity index (χ1n) is 4.41. The van der Waals surface area contributed by atoms with Crippen molar-refractivity contribution in [1.29, 1.82) is 0 Å². The molecule has 0 amide bonds. The van der Waals surface area contributed by atoms with E-state index >= 15 is 0 Å². The Morgan fingerprint density at radius 3 is 2.75 bits per heavy atom. The predicted molar refractivity (Wildman–Crippen MR) is 49.7 cm³/mol.